The molecule has 0 aromatic carbocycles. The molecule has 0 unspecified atom stereocenters. The lowest BCUT2D eigenvalue weighted by Crippen LogP contribution is -2.06. The molecule has 0 atom stereocenters. The molecule has 0 aliphatic heterocycles. The van der Waals surface area contributed by atoms with Crippen LogP contribution in [0.4, 0.5) is 4.39 Å². The zero-order chi connectivity index (χ0) is 9.42. The van der Waals surface area contributed by atoms with Crippen molar-refractivity contribution in [2.24, 2.45) is 0 Å². The largest absolute Gasteiger partial charge is 0.338 e. The average Bonchev–Trinajstić information content (AvgIpc) is 2.42. The molecule has 0 amide bonds. The number of aryl methyl sites for hydroxylation is 1. The monoisotopic (exact) mass is 179 g/mol. The van der Waals surface area contributed by atoms with Gasteiger partial charge in [0.05, 0.1) is 6.20 Å². The van der Waals surface area contributed by atoms with Crippen LogP contribution in [0.3, 0.4) is 0 Å². The Morgan fingerprint density at radius 1 is 1.62 bits per heavy atom. The molecule has 0 saturated carbocycles. The highest BCUT2D eigenvalue weighted by molar-refractivity contribution is 5.80. The van der Waals surface area contributed by atoms with Gasteiger partial charge in [0.15, 0.2) is 5.65 Å². The molecule has 2 rings (SSSR count). The van der Waals surface area contributed by atoms with Gasteiger partial charge in [0, 0.05) is 11.6 Å². The van der Waals surface area contributed by atoms with E-state index in [9.17, 15) is 4.39 Å². The van der Waals surface area contributed by atoms with Crippen molar-refractivity contribution < 1.29 is 4.39 Å². The van der Waals surface area contributed by atoms with Gasteiger partial charge in [0.2, 0.25) is 0 Å². The van der Waals surface area contributed by atoms with Gasteiger partial charge in [-0.15, -0.1) is 0 Å². The van der Waals surface area contributed by atoms with E-state index in [2.05, 4.69) is 4.98 Å². The molecule has 0 aliphatic rings. The zero-order valence-corrected chi connectivity index (χ0v) is 7.29. The molecule has 4 heteroatoms. The Labute approximate surface area is 75.0 Å². The lowest BCUT2D eigenvalue weighted by atomic mass is 10.2. The quantitative estimate of drug-likeness (QED) is 0.673. The van der Waals surface area contributed by atoms with E-state index in [0.717, 1.165) is 17.4 Å². The molecule has 0 spiro atoms. The third-order valence-corrected chi connectivity index (χ3v) is 2.10. The Hall–Kier alpha value is -1.58. The maximum absolute atomic E-state index is 12.8. The van der Waals surface area contributed by atoms with Crippen molar-refractivity contribution in [1.29, 1.82) is 0 Å². The molecule has 2 aromatic heterocycles. The first-order valence-corrected chi connectivity index (χ1v) is 4.13. The Morgan fingerprint density at radius 3 is 3.08 bits per heavy atom. The zero-order valence-electron chi connectivity index (χ0n) is 7.29. The smallest absolute Gasteiger partial charge is 0.158 e. The molecule has 68 valence electrons. The lowest BCUT2D eigenvalue weighted by molar-refractivity contribution is 0.624. The summed E-state index contributed by atoms with van der Waals surface area (Å²) in [7, 11) is 0. The normalized spacial score (nSPS) is 10.9. The van der Waals surface area contributed by atoms with E-state index in [1.165, 1.54) is 16.9 Å². The maximum Gasteiger partial charge on any atom is 0.158 e. The number of rotatable bonds is 1. The molecule has 2 aromatic rings. The molecule has 0 bridgehead atoms. The van der Waals surface area contributed by atoms with Gasteiger partial charge in [-0.25, -0.2) is 9.37 Å². The minimum Gasteiger partial charge on any atom is -0.338 e. The van der Waals surface area contributed by atoms with E-state index < -0.39 is 0 Å². The van der Waals surface area contributed by atoms with Crippen molar-refractivity contribution in [1.82, 2.24) is 9.66 Å². The van der Waals surface area contributed by atoms with Crippen LogP contribution in [-0.2, 0) is 6.42 Å². The summed E-state index contributed by atoms with van der Waals surface area (Å²) >= 11 is 0. The van der Waals surface area contributed by atoms with Crippen LogP contribution in [0.25, 0.3) is 11.0 Å². The van der Waals surface area contributed by atoms with Crippen molar-refractivity contribution in [3.8, 4) is 0 Å². The van der Waals surface area contributed by atoms with Crippen LogP contribution in [0, 0.1) is 5.82 Å². The van der Waals surface area contributed by atoms with E-state index >= 15 is 0 Å². The Bertz CT molecular complexity index is 447. The third kappa shape index (κ3) is 1.14. The summed E-state index contributed by atoms with van der Waals surface area (Å²) < 4.78 is 14.3. The van der Waals surface area contributed by atoms with Crippen molar-refractivity contribution in [3.05, 3.63) is 29.8 Å². The minimum atomic E-state index is -0.326. The summed E-state index contributed by atoms with van der Waals surface area (Å²) in [6, 6.07) is 1.46. The summed E-state index contributed by atoms with van der Waals surface area (Å²) in [5, 5.41) is 0.796. The number of pyridine rings is 1. The standard InChI is InChI=1S/C9H10FN3/c1-2-6-5-13(11)9-8(6)3-7(10)4-12-9/h3-5H,2,11H2,1H3. The van der Waals surface area contributed by atoms with Gasteiger partial charge in [0.25, 0.3) is 0 Å². The molecule has 2 heterocycles. The van der Waals surface area contributed by atoms with Gasteiger partial charge in [0.1, 0.15) is 5.82 Å². The van der Waals surface area contributed by atoms with Crippen LogP contribution in [0.5, 0.6) is 0 Å². The SMILES string of the molecule is CCc1cn(N)c2ncc(F)cc12. The van der Waals surface area contributed by atoms with Crippen LogP contribution < -0.4 is 5.84 Å². The minimum absolute atomic E-state index is 0.326. The highest BCUT2D eigenvalue weighted by atomic mass is 19.1. The highest BCUT2D eigenvalue weighted by Crippen LogP contribution is 2.18. The Balaban J connectivity index is 2.81. The van der Waals surface area contributed by atoms with E-state index in [-0.39, 0.29) is 5.82 Å². The predicted octanol–water partition coefficient (Wildman–Crippen LogP) is 1.45. The topological polar surface area (TPSA) is 43.8 Å². The molecule has 13 heavy (non-hydrogen) atoms. The molecule has 0 fully saturated rings. The number of hydrogen-bond donors (Lipinski definition) is 1. The van der Waals surface area contributed by atoms with Crippen molar-refractivity contribution in [3.63, 3.8) is 0 Å². The second-order valence-electron chi connectivity index (χ2n) is 2.94. The number of fused-ring (bicyclic) bond motifs is 1. The van der Waals surface area contributed by atoms with E-state index in [1.54, 1.807) is 6.20 Å². The van der Waals surface area contributed by atoms with Crippen molar-refractivity contribution in [2.45, 2.75) is 13.3 Å². The van der Waals surface area contributed by atoms with Gasteiger partial charge >= 0.3 is 0 Å². The fourth-order valence-electron chi connectivity index (χ4n) is 1.45. The van der Waals surface area contributed by atoms with Crippen LogP contribution >= 0.6 is 0 Å². The third-order valence-electron chi connectivity index (χ3n) is 2.10. The average molecular weight is 179 g/mol. The molecule has 0 saturated heterocycles. The van der Waals surface area contributed by atoms with Gasteiger partial charge in [-0.3, -0.25) is 4.68 Å². The maximum atomic E-state index is 12.8. The molecule has 2 N–H and O–H groups in total. The summed E-state index contributed by atoms with van der Waals surface area (Å²) in [6.07, 6.45) is 3.77. The van der Waals surface area contributed by atoms with Crippen LogP contribution in [-0.4, -0.2) is 9.66 Å². The fraction of sp³-hybridized carbons (Fsp3) is 0.222. The van der Waals surface area contributed by atoms with Crippen LogP contribution in [0.15, 0.2) is 18.5 Å². The molecule has 3 nitrogen and oxygen atoms in total. The first kappa shape index (κ1) is 8.04. The summed E-state index contributed by atoms with van der Waals surface area (Å²) in [5.74, 6) is 5.31. The van der Waals surface area contributed by atoms with E-state index in [4.69, 9.17) is 5.84 Å². The Kier molecular flexibility index (Phi) is 1.69. The van der Waals surface area contributed by atoms with Crippen molar-refractivity contribution >= 4 is 11.0 Å². The molecular weight excluding hydrogens is 169 g/mol. The summed E-state index contributed by atoms with van der Waals surface area (Å²) in [6.45, 7) is 2.00. The number of nitrogens with two attached hydrogens (primary N) is 1. The van der Waals surface area contributed by atoms with Gasteiger partial charge in [-0.05, 0) is 18.1 Å². The first-order chi connectivity index (χ1) is 6.22. The van der Waals surface area contributed by atoms with Crippen LogP contribution in [0.1, 0.15) is 12.5 Å². The van der Waals surface area contributed by atoms with Crippen molar-refractivity contribution in [2.75, 3.05) is 5.84 Å². The number of aromatic nitrogens is 2. The van der Waals surface area contributed by atoms with E-state index in [1.807, 2.05) is 6.92 Å². The van der Waals surface area contributed by atoms with E-state index in [0.29, 0.717) is 5.65 Å². The first-order valence-electron chi connectivity index (χ1n) is 4.13. The number of hydrogen-bond acceptors (Lipinski definition) is 2. The number of nitrogens with zero attached hydrogens (tertiary/aromatic N) is 2. The van der Waals surface area contributed by atoms with Gasteiger partial charge in [-0.1, -0.05) is 6.92 Å². The lowest BCUT2D eigenvalue weighted by Gasteiger charge is -1.94. The van der Waals surface area contributed by atoms with Gasteiger partial charge < -0.3 is 5.84 Å². The number of nitrogen functional groups attached to an aromatic ring is 1. The Morgan fingerprint density at radius 2 is 2.38 bits per heavy atom. The second kappa shape index (κ2) is 2.73. The molecule has 0 radical (unpaired) electrons. The summed E-state index contributed by atoms with van der Waals surface area (Å²) in [5.41, 5.74) is 1.64. The molecule has 0 aliphatic carbocycles. The number of halogens is 1. The molecular formula is C9H10FN3. The van der Waals surface area contributed by atoms with Crippen LogP contribution in [0.2, 0.25) is 0 Å². The highest BCUT2D eigenvalue weighted by Gasteiger charge is 2.07. The second-order valence-corrected chi connectivity index (χ2v) is 2.94. The summed E-state index contributed by atoms with van der Waals surface area (Å²) in [4.78, 5) is 3.91. The van der Waals surface area contributed by atoms with Gasteiger partial charge in [-0.2, -0.15) is 0 Å². The predicted molar refractivity (Wildman–Crippen MR) is 49.2 cm³/mol. The fourth-order valence-corrected chi connectivity index (χ4v) is 1.45.